The molecule has 28 heavy (non-hydrogen) atoms. The molecule has 4 rings (SSSR count). The van der Waals surface area contributed by atoms with Crippen molar-refractivity contribution in [3.05, 3.63) is 76.6 Å². The third kappa shape index (κ3) is 4.41. The lowest BCUT2D eigenvalue weighted by Gasteiger charge is -2.37. The van der Waals surface area contributed by atoms with Crippen molar-refractivity contribution >= 4 is 11.6 Å². The Morgan fingerprint density at radius 2 is 1.68 bits per heavy atom. The van der Waals surface area contributed by atoms with E-state index in [1.165, 1.54) is 11.1 Å². The Kier molecular flexibility index (Phi) is 6.00. The molecule has 1 aromatic heterocycles. The largest absolute Gasteiger partial charge is 0.304 e. The summed E-state index contributed by atoms with van der Waals surface area (Å²) in [5.41, 5.74) is 2.45. The molecule has 1 aliphatic rings. The van der Waals surface area contributed by atoms with Crippen LogP contribution in [0.1, 0.15) is 23.0 Å². The summed E-state index contributed by atoms with van der Waals surface area (Å²) >= 11 is 6.13. The molecular formula is C21H25ClN6. The fraction of sp³-hybridized carbons (Fsp3) is 0.381. The molecule has 1 fully saturated rings. The van der Waals surface area contributed by atoms with Gasteiger partial charge in [-0.15, -0.1) is 5.10 Å². The average Bonchev–Trinajstić information content (AvgIpc) is 3.18. The Bertz CT molecular complexity index is 871. The number of halogens is 1. The van der Waals surface area contributed by atoms with E-state index in [2.05, 4.69) is 68.8 Å². The van der Waals surface area contributed by atoms with E-state index < -0.39 is 0 Å². The molecule has 1 aliphatic heterocycles. The third-order valence-electron chi connectivity index (χ3n) is 5.35. The second-order valence-corrected chi connectivity index (χ2v) is 7.73. The smallest absolute Gasteiger partial charge is 0.173 e. The van der Waals surface area contributed by atoms with Crippen LogP contribution in [0.4, 0.5) is 0 Å². The summed E-state index contributed by atoms with van der Waals surface area (Å²) in [6, 6.07) is 18.5. The van der Waals surface area contributed by atoms with Crippen LogP contribution in [-0.4, -0.2) is 63.2 Å². The Morgan fingerprint density at radius 3 is 2.39 bits per heavy atom. The highest BCUT2D eigenvalue weighted by Crippen LogP contribution is 2.29. The topological polar surface area (TPSA) is 50.1 Å². The van der Waals surface area contributed by atoms with Crippen LogP contribution in [0, 0.1) is 0 Å². The fourth-order valence-corrected chi connectivity index (χ4v) is 3.82. The van der Waals surface area contributed by atoms with Gasteiger partial charge in [0.15, 0.2) is 5.82 Å². The van der Waals surface area contributed by atoms with Crippen LogP contribution in [0.3, 0.4) is 0 Å². The number of hydrogen-bond acceptors (Lipinski definition) is 5. The van der Waals surface area contributed by atoms with Gasteiger partial charge in [-0.3, -0.25) is 4.90 Å². The first-order chi connectivity index (χ1) is 13.7. The molecule has 1 atom stereocenters. The number of tetrazole rings is 1. The SMILES string of the molecule is CN1CCN([C@@H](c2ccc(Cl)cc2)c2nnnn2CCc2ccccc2)CC1. The predicted octanol–water partition coefficient (Wildman–Crippen LogP) is 2.91. The maximum absolute atomic E-state index is 6.13. The Hall–Kier alpha value is -2.28. The first kappa shape index (κ1) is 19.1. The second-order valence-electron chi connectivity index (χ2n) is 7.29. The summed E-state index contributed by atoms with van der Waals surface area (Å²) in [5.74, 6) is 0.891. The molecule has 2 heterocycles. The zero-order chi connectivity index (χ0) is 19.3. The van der Waals surface area contributed by atoms with Crippen LogP contribution >= 0.6 is 11.6 Å². The van der Waals surface area contributed by atoms with E-state index in [9.17, 15) is 0 Å². The minimum absolute atomic E-state index is 0.0248. The van der Waals surface area contributed by atoms with Crippen molar-refractivity contribution in [1.29, 1.82) is 0 Å². The van der Waals surface area contributed by atoms with Crippen LogP contribution in [0.15, 0.2) is 54.6 Å². The highest BCUT2D eigenvalue weighted by Gasteiger charge is 2.29. The van der Waals surface area contributed by atoms with Gasteiger partial charge >= 0.3 is 0 Å². The maximum atomic E-state index is 6.13. The van der Waals surface area contributed by atoms with Gasteiger partial charge in [0.2, 0.25) is 0 Å². The van der Waals surface area contributed by atoms with Gasteiger partial charge in [-0.2, -0.15) is 0 Å². The van der Waals surface area contributed by atoms with Gasteiger partial charge in [0.05, 0.1) is 6.04 Å². The van der Waals surface area contributed by atoms with Gasteiger partial charge in [0.25, 0.3) is 0 Å². The lowest BCUT2D eigenvalue weighted by molar-refractivity contribution is 0.121. The van der Waals surface area contributed by atoms with E-state index in [0.717, 1.165) is 50.0 Å². The van der Waals surface area contributed by atoms with E-state index in [-0.39, 0.29) is 6.04 Å². The summed E-state index contributed by atoms with van der Waals surface area (Å²) in [4.78, 5) is 4.82. The zero-order valence-electron chi connectivity index (χ0n) is 16.1. The number of piperazine rings is 1. The number of benzene rings is 2. The van der Waals surface area contributed by atoms with Crippen LogP contribution in [-0.2, 0) is 13.0 Å². The molecule has 0 N–H and O–H groups in total. The number of rotatable bonds is 6. The van der Waals surface area contributed by atoms with Crippen molar-refractivity contribution in [2.24, 2.45) is 0 Å². The van der Waals surface area contributed by atoms with Crippen LogP contribution in [0.5, 0.6) is 0 Å². The molecule has 0 bridgehead atoms. The average molecular weight is 397 g/mol. The number of hydrogen-bond donors (Lipinski definition) is 0. The van der Waals surface area contributed by atoms with E-state index in [1.54, 1.807) is 0 Å². The van der Waals surface area contributed by atoms with Crippen molar-refractivity contribution in [3.63, 3.8) is 0 Å². The molecule has 0 radical (unpaired) electrons. The molecule has 0 amide bonds. The van der Waals surface area contributed by atoms with E-state index in [0.29, 0.717) is 0 Å². The van der Waals surface area contributed by atoms with Gasteiger partial charge in [-0.1, -0.05) is 54.1 Å². The Morgan fingerprint density at radius 1 is 0.964 bits per heavy atom. The summed E-state index contributed by atoms with van der Waals surface area (Å²) in [7, 11) is 2.17. The Labute approximate surface area is 170 Å². The molecule has 0 aliphatic carbocycles. The molecular weight excluding hydrogens is 372 g/mol. The van der Waals surface area contributed by atoms with Crippen molar-refractivity contribution in [3.8, 4) is 0 Å². The van der Waals surface area contributed by atoms with Crippen LogP contribution < -0.4 is 0 Å². The van der Waals surface area contributed by atoms with E-state index in [1.807, 2.05) is 22.9 Å². The van der Waals surface area contributed by atoms with Gasteiger partial charge in [0.1, 0.15) is 0 Å². The number of nitrogens with zero attached hydrogens (tertiary/aromatic N) is 6. The molecule has 0 unspecified atom stereocenters. The van der Waals surface area contributed by atoms with Crippen LogP contribution in [0.2, 0.25) is 5.02 Å². The standard InChI is InChI=1S/C21H25ClN6/c1-26-13-15-27(16-14-26)20(18-7-9-19(22)10-8-18)21-23-24-25-28(21)12-11-17-5-3-2-4-6-17/h2-10,20H,11-16H2,1H3/t20-/m0/s1. The maximum Gasteiger partial charge on any atom is 0.173 e. The molecule has 6 nitrogen and oxygen atoms in total. The predicted molar refractivity (Wildman–Crippen MR) is 110 cm³/mol. The van der Waals surface area contributed by atoms with Gasteiger partial charge in [-0.05, 0) is 47.2 Å². The molecule has 0 saturated carbocycles. The quantitative estimate of drug-likeness (QED) is 0.641. The lowest BCUT2D eigenvalue weighted by Crippen LogP contribution is -2.46. The third-order valence-corrected chi connectivity index (χ3v) is 5.60. The Balaban J connectivity index is 1.61. The number of aromatic nitrogens is 4. The lowest BCUT2D eigenvalue weighted by atomic mass is 10.0. The van der Waals surface area contributed by atoms with Crippen molar-refractivity contribution in [2.45, 2.75) is 19.0 Å². The van der Waals surface area contributed by atoms with Crippen molar-refractivity contribution in [1.82, 2.24) is 30.0 Å². The molecule has 1 saturated heterocycles. The monoisotopic (exact) mass is 396 g/mol. The molecule has 7 heteroatoms. The van der Waals surface area contributed by atoms with Gasteiger partial charge in [-0.25, -0.2) is 4.68 Å². The highest BCUT2D eigenvalue weighted by molar-refractivity contribution is 6.30. The number of likely N-dealkylation sites (N-methyl/N-ethyl adjacent to an activating group) is 1. The molecule has 3 aromatic rings. The van der Waals surface area contributed by atoms with E-state index >= 15 is 0 Å². The summed E-state index contributed by atoms with van der Waals surface area (Å²) < 4.78 is 1.95. The molecule has 146 valence electrons. The minimum atomic E-state index is 0.0248. The molecule has 2 aromatic carbocycles. The van der Waals surface area contributed by atoms with Crippen LogP contribution in [0.25, 0.3) is 0 Å². The second kappa shape index (κ2) is 8.82. The fourth-order valence-electron chi connectivity index (χ4n) is 3.69. The van der Waals surface area contributed by atoms with E-state index in [4.69, 9.17) is 11.6 Å². The summed E-state index contributed by atoms with van der Waals surface area (Å²) in [5, 5.41) is 13.5. The molecule has 0 spiro atoms. The first-order valence-corrected chi connectivity index (χ1v) is 10.1. The highest BCUT2D eigenvalue weighted by atomic mass is 35.5. The van der Waals surface area contributed by atoms with Gasteiger partial charge in [0, 0.05) is 37.7 Å². The van der Waals surface area contributed by atoms with Crippen molar-refractivity contribution in [2.75, 3.05) is 33.2 Å². The van der Waals surface area contributed by atoms with Gasteiger partial charge < -0.3 is 4.90 Å². The van der Waals surface area contributed by atoms with Crippen molar-refractivity contribution < 1.29 is 0 Å². The normalized spacial score (nSPS) is 16.9. The minimum Gasteiger partial charge on any atom is -0.304 e. The zero-order valence-corrected chi connectivity index (χ0v) is 16.8. The summed E-state index contributed by atoms with van der Waals surface area (Å²) in [6.07, 6.45) is 0.898. The first-order valence-electron chi connectivity index (χ1n) is 9.69. The summed E-state index contributed by atoms with van der Waals surface area (Å²) in [6.45, 7) is 4.79. The number of aryl methyl sites for hydroxylation is 2.